The number of benzene rings is 2. The smallest absolute Gasteiger partial charge is 0.311 e. The molecule has 1 fully saturated rings. The lowest BCUT2D eigenvalue weighted by Gasteiger charge is -2.34. The molecule has 32 heavy (non-hydrogen) atoms. The maximum Gasteiger partial charge on any atom is 0.311 e. The Hall–Kier alpha value is -2.82. The maximum atomic E-state index is 13.1. The summed E-state index contributed by atoms with van der Waals surface area (Å²) >= 11 is 0. The number of aliphatic carboxylic acids is 1. The van der Waals surface area contributed by atoms with Crippen LogP contribution in [0, 0.1) is 5.82 Å². The van der Waals surface area contributed by atoms with E-state index >= 15 is 0 Å². The number of carboxylic acids is 1. The molecule has 0 radical (unpaired) electrons. The zero-order valence-electron chi connectivity index (χ0n) is 17.7. The van der Waals surface area contributed by atoms with Gasteiger partial charge in [0.15, 0.2) is 0 Å². The van der Waals surface area contributed by atoms with Gasteiger partial charge in [0.1, 0.15) is 5.82 Å². The molecule has 3 unspecified atom stereocenters. The summed E-state index contributed by atoms with van der Waals surface area (Å²) in [6.07, 6.45) is -0.782. The molecule has 0 bridgehead atoms. The predicted molar refractivity (Wildman–Crippen MR) is 115 cm³/mol. The van der Waals surface area contributed by atoms with Crippen molar-refractivity contribution in [3.63, 3.8) is 0 Å². The molecule has 3 rings (SSSR count). The summed E-state index contributed by atoms with van der Waals surface area (Å²) in [5.74, 6) is -3.41. The van der Waals surface area contributed by atoms with Crippen LogP contribution in [0.5, 0.6) is 0 Å². The number of carbonyl (C=O) groups is 2. The normalized spacial score (nSPS) is 20.5. The van der Waals surface area contributed by atoms with Crippen LogP contribution in [-0.4, -0.2) is 55.0 Å². The van der Waals surface area contributed by atoms with Crippen LogP contribution in [0.25, 0.3) is 0 Å². The second-order valence-corrected chi connectivity index (χ2v) is 9.74. The molecule has 3 atom stereocenters. The van der Waals surface area contributed by atoms with Crippen LogP contribution in [0.3, 0.4) is 0 Å². The van der Waals surface area contributed by atoms with Crippen LogP contribution in [0.2, 0.25) is 0 Å². The number of rotatable bonds is 7. The number of carbonyl (C=O) groups excluding carboxylic acids is 1. The van der Waals surface area contributed by atoms with E-state index in [1.54, 1.807) is 0 Å². The molecule has 0 aliphatic carbocycles. The third kappa shape index (κ3) is 5.70. The number of carboxylic acid groups (broad SMARTS) is 1. The summed E-state index contributed by atoms with van der Waals surface area (Å²) < 4.78 is 45.9. The zero-order valence-corrected chi connectivity index (χ0v) is 18.5. The number of nitrogens with one attached hydrogen (secondary N) is 1. The molecular formula is C22H25FN2O6S. The Kier molecular flexibility index (Phi) is 7.27. The fourth-order valence-corrected chi connectivity index (χ4v) is 5.22. The van der Waals surface area contributed by atoms with Gasteiger partial charge < -0.3 is 15.2 Å². The number of halogens is 1. The molecule has 1 saturated heterocycles. The Morgan fingerprint density at radius 1 is 1.09 bits per heavy atom. The standard InChI is InChI=1S/C22H25FN2O6S/c1-14-12-25(13-15(2)31-14)32(29,30)19-9-7-18(8-10-19)24-21(26)11-20(22(27)28)16-3-5-17(23)6-4-16/h3-10,14-15,20H,11-13H2,1-2H3,(H,24,26)(H,27,28). The lowest BCUT2D eigenvalue weighted by atomic mass is 9.95. The molecule has 2 aromatic carbocycles. The third-order valence-electron chi connectivity index (χ3n) is 5.12. The van der Waals surface area contributed by atoms with E-state index in [2.05, 4.69) is 5.32 Å². The summed E-state index contributed by atoms with van der Waals surface area (Å²) in [6.45, 7) is 4.14. The molecule has 0 saturated carbocycles. The van der Waals surface area contributed by atoms with Gasteiger partial charge in [-0.15, -0.1) is 0 Å². The first-order valence-electron chi connectivity index (χ1n) is 10.1. The summed E-state index contributed by atoms with van der Waals surface area (Å²) in [5.41, 5.74) is 0.644. The molecule has 1 aliphatic rings. The van der Waals surface area contributed by atoms with Crippen LogP contribution < -0.4 is 5.32 Å². The number of amides is 1. The third-order valence-corrected chi connectivity index (χ3v) is 6.97. The number of ether oxygens (including phenoxy) is 1. The van der Waals surface area contributed by atoms with Crippen molar-refractivity contribution in [2.75, 3.05) is 18.4 Å². The topological polar surface area (TPSA) is 113 Å². The van der Waals surface area contributed by atoms with Crippen molar-refractivity contribution in [3.8, 4) is 0 Å². The Morgan fingerprint density at radius 2 is 1.66 bits per heavy atom. The van der Waals surface area contributed by atoms with Crippen LogP contribution >= 0.6 is 0 Å². The molecule has 10 heteroatoms. The van der Waals surface area contributed by atoms with Gasteiger partial charge in [-0.1, -0.05) is 12.1 Å². The van der Waals surface area contributed by atoms with Gasteiger partial charge in [0.2, 0.25) is 15.9 Å². The van der Waals surface area contributed by atoms with E-state index in [-0.39, 0.29) is 36.6 Å². The van der Waals surface area contributed by atoms with Crippen LogP contribution in [0.15, 0.2) is 53.4 Å². The summed E-state index contributed by atoms with van der Waals surface area (Å²) in [7, 11) is -3.71. The highest BCUT2D eigenvalue weighted by molar-refractivity contribution is 7.89. The second kappa shape index (κ2) is 9.76. The quantitative estimate of drug-likeness (QED) is 0.652. The van der Waals surface area contributed by atoms with Gasteiger partial charge in [-0.3, -0.25) is 9.59 Å². The molecule has 8 nitrogen and oxygen atoms in total. The van der Waals surface area contributed by atoms with E-state index in [0.29, 0.717) is 11.3 Å². The van der Waals surface area contributed by atoms with E-state index in [9.17, 15) is 27.5 Å². The minimum atomic E-state index is -3.71. The number of hydrogen-bond donors (Lipinski definition) is 2. The molecule has 0 aromatic heterocycles. The molecule has 1 aliphatic heterocycles. The number of hydrogen-bond acceptors (Lipinski definition) is 5. The number of nitrogens with zero attached hydrogens (tertiary/aromatic N) is 1. The summed E-state index contributed by atoms with van der Waals surface area (Å²) in [6, 6.07) is 10.6. The minimum absolute atomic E-state index is 0.0894. The van der Waals surface area contributed by atoms with Gasteiger partial charge >= 0.3 is 5.97 Å². The molecule has 0 spiro atoms. The van der Waals surface area contributed by atoms with Gasteiger partial charge in [-0.05, 0) is 55.8 Å². The van der Waals surface area contributed by atoms with Crippen molar-refractivity contribution >= 4 is 27.6 Å². The van der Waals surface area contributed by atoms with Gasteiger partial charge in [-0.2, -0.15) is 4.31 Å². The maximum absolute atomic E-state index is 13.1. The van der Waals surface area contributed by atoms with Gasteiger partial charge in [0, 0.05) is 25.2 Å². The second-order valence-electron chi connectivity index (χ2n) is 7.80. The number of anilines is 1. The van der Waals surface area contributed by atoms with Crippen molar-refractivity contribution in [1.29, 1.82) is 0 Å². The number of sulfonamides is 1. The van der Waals surface area contributed by atoms with E-state index in [1.807, 2.05) is 13.8 Å². The average molecular weight is 465 g/mol. The number of morpholine rings is 1. The van der Waals surface area contributed by atoms with Crippen molar-refractivity contribution in [1.82, 2.24) is 4.31 Å². The molecule has 172 valence electrons. The van der Waals surface area contributed by atoms with E-state index in [4.69, 9.17) is 4.74 Å². The van der Waals surface area contributed by atoms with Crippen molar-refractivity contribution in [2.24, 2.45) is 0 Å². The highest BCUT2D eigenvalue weighted by Gasteiger charge is 2.32. The van der Waals surface area contributed by atoms with Crippen molar-refractivity contribution in [2.45, 2.75) is 43.3 Å². The molecule has 1 amide bonds. The Bertz CT molecular complexity index is 1060. The molecule has 2 aromatic rings. The van der Waals surface area contributed by atoms with Crippen molar-refractivity contribution in [3.05, 3.63) is 59.9 Å². The molecule has 1 heterocycles. The Morgan fingerprint density at radius 3 is 2.19 bits per heavy atom. The van der Waals surface area contributed by atoms with Gasteiger partial charge in [0.05, 0.1) is 23.0 Å². The first kappa shape index (κ1) is 23.8. The highest BCUT2D eigenvalue weighted by atomic mass is 32.2. The first-order valence-corrected chi connectivity index (χ1v) is 11.5. The zero-order chi connectivity index (χ0) is 23.5. The Labute approximate surface area is 186 Å². The molecule has 2 N–H and O–H groups in total. The largest absolute Gasteiger partial charge is 0.481 e. The van der Waals surface area contributed by atoms with Crippen LogP contribution in [0.4, 0.5) is 10.1 Å². The first-order chi connectivity index (χ1) is 15.1. The van der Waals surface area contributed by atoms with Crippen LogP contribution in [0.1, 0.15) is 31.7 Å². The Balaban J connectivity index is 1.67. The predicted octanol–water partition coefficient (Wildman–Crippen LogP) is 2.82. The fourth-order valence-electron chi connectivity index (χ4n) is 3.63. The van der Waals surface area contributed by atoms with Crippen LogP contribution in [-0.2, 0) is 24.3 Å². The summed E-state index contributed by atoms with van der Waals surface area (Å²) in [4.78, 5) is 24.0. The van der Waals surface area contributed by atoms with Crippen molar-refractivity contribution < 1.29 is 32.2 Å². The highest BCUT2D eigenvalue weighted by Crippen LogP contribution is 2.24. The fraction of sp³-hybridized carbons (Fsp3) is 0.364. The van der Waals surface area contributed by atoms with E-state index in [1.165, 1.54) is 40.7 Å². The van der Waals surface area contributed by atoms with E-state index in [0.717, 1.165) is 12.1 Å². The van der Waals surface area contributed by atoms with E-state index < -0.39 is 33.6 Å². The van der Waals surface area contributed by atoms with Gasteiger partial charge in [0.25, 0.3) is 0 Å². The SMILES string of the molecule is CC1CN(S(=O)(=O)c2ccc(NC(=O)CC(C(=O)O)c3ccc(F)cc3)cc2)CC(C)O1. The lowest BCUT2D eigenvalue weighted by molar-refractivity contribution is -0.140. The minimum Gasteiger partial charge on any atom is -0.481 e. The summed E-state index contributed by atoms with van der Waals surface area (Å²) in [5, 5.41) is 12.0. The molecular weight excluding hydrogens is 439 g/mol. The monoisotopic (exact) mass is 464 g/mol. The van der Waals surface area contributed by atoms with Gasteiger partial charge in [-0.25, -0.2) is 12.8 Å². The average Bonchev–Trinajstić information content (AvgIpc) is 2.72. The lowest BCUT2D eigenvalue weighted by Crippen LogP contribution is -2.48.